The van der Waals surface area contributed by atoms with Gasteiger partial charge in [-0.05, 0) is 22.9 Å². The Hall–Kier alpha value is -2.03. The number of aryl methyl sites for hydroxylation is 1. The smallest absolute Gasteiger partial charge is 0.288 e. The topological polar surface area (TPSA) is 78.0 Å². The van der Waals surface area contributed by atoms with Gasteiger partial charge < -0.3 is 9.80 Å². The van der Waals surface area contributed by atoms with Crippen molar-refractivity contribution >= 4 is 27.8 Å². The van der Waals surface area contributed by atoms with Crippen LogP contribution in [0, 0.1) is 18.7 Å². The largest absolute Gasteiger partial charge is 0.345 e. The van der Waals surface area contributed by atoms with Crippen LogP contribution in [0.5, 0.6) is 0 Å². The van der Waals surface area contributed by atoms with Gasteiger partial charge in [0.05, 0.1) is 10.2 Å². The van der Waals surface area contributed by atoms with Crippen LogP contribution in [0.4, 0.5) is 16.3 Å². The molecule has 23 heavy (non-hydrogen) atoms. The molecule has 3 heterocycles. The van der Waals surface area contributed by atoms with Crippen LogP contribution in [-0.4, -0.2) is 46.6 Å². The molecular formula is C14H16BrFN6O. The monoisotopic (exact) mass is 382 g/mol. The number of hydrogen-bond donors (Lipinski definition) is 1. The lowest BCUT2D eigenvalue weighted by atomic mass is 10.0. The van der Waals surface area contributed by atoms with Gasteiger partial charge in [0.15, 0.2) is 0 Å². The van der Waals surface area contributed by atoms with Crippen LogP contribution in [-0.2, 0) is 0 Å². The summed E-state index contributed by atoms with van der Waals surface area (Å²) in [6.45, 7) is 3.85. The van der Waals surface area contributed by atoms with Crippen LogP contribution in [0.25, 0.3) is 0 Å². The number of aromatic nitrogens is 4. The Kier molecular flexibility index (Phi) is 4.29. The molecule has 0 spiro atoms. The molecule has 0 unspecified atom stereocenters. The van der Waals surface area contributed by atoms with E-state index < -0.39 is 11.4 Å². The first-order chi connectivity index (χ1) is 10.9. The molecule has 0 aromatic carbocycles. The number of rotatable bonds is 4. The van der Waals surface area contributed by atoms with E-state index >= 15 is 0 Å². The zero-order valence-electron chi connectivity index (χ0n) is 12.8. The maximum atomic E-state index is 13.3. The zero-order valence-corrected chi connectivity index (χ0v) is 14.3. The summed E-state index contributed by atoms with van der Waals surface area (Å²) in [5.41, 5.74) is -0.632. The molecule has 0 atom stereocenters. The van der Waals surface area contributed by atoms with Gasteiger partial charge in [0.2, 0.25) is 17.7 Å². The van der Waals surface area contributed by atoms with E-state index in [-0.39, 0.29) is 5.69 Å². The van der Waals surface area contributed by atoms with Crippen molar-refractivity contribution < 1.29 is 4.39 Å². The third kappa shape index (κ3) is 3.34. The summed E-state index contributed by atoms with van der Waals surface area (Å²) in [4.78, 5) is 30.4. The highest BCUT2D eigenvalue weighted by Gasteiger charge is 2.30. The van der Waals surface area contributed by atoms with Gasteiger partial charge in [-0.3, -0.25) is 9.78 Å². The molecule has 0 radical (unpaired) electrons. The fourth-order valence-corrected chi connectivity index (χ4v) is 2.73. The van der Waals surface area contributed by atoms with Gasteiger partial charge in [0.1, 0.15) is 0 Å². The van der Waals surface area contributed by atoms with E-state index in [0.717, 1.165) is 17.6 Å². The fourth-order valence-electron chi connectivity index (χ4n) is 2.53. The minimum absolute atomic E-state index is 0.106. The second kappa shape index (κ2) is 6.23. The Labute approximate surface area is 140 Å². The first kappa shape index (κ1) is 15.9. The number of hydrogen-bond acceptors (Lipinski definition) is 6. The van der Waals surface area contributed by atoms with Crippen LogP contribution in [0.3, 0.4) is 0 Å². The highest BCUT2D eigenvalue weighted by molar-refractivity contribution is 9.10. The number of aromatic amines is 1. The van der Waals surface area contributed by atoms with Gasteiger partial charge in [-0.15, -0.1) is 0 Å². The Balaban J connectivity index is 1.59. The molecule has 1 fully saturated rings. The van der Waals surface area contributed by atoms with Gasteiger partial charge in [-0.25, -0.2) is 15.0 Å². The summed E-state index contributed by atoms with van der Waals surface area (Å²) in [6, 6.07) is 0. The van der Waals surface area contributed by atoms with Gasteiger partial charge in [0.25, 0.3) is 5.56 Å². The van der Waals surface area contributed by atoms with Crippen molar-refractivity contribution in [3.63, 3.8) is 0 Å². The van der Waals surface area contributed by atoms with E-state index in [4.69, 9.17) is 0 Å². The first-order valence-electron chi connectivity index (χ1n) is 7.14. The maximum Gasteiger partial charge on any atom is 0.288 e. The third-order valence-electron chi connectivity index (χ3n) is 3.76. The second-order valence-corrected chi connectivity index (χ2v) is 6.56. The summed E-state index contributed by atoms with van der Waals surface area (Å²) < 4.78 is 14.2. The minimum atomic E-state index is -0.829. The lowest BCUT2D eigenvalue weighted by Crippen LogP contribution is -2.52. The van der Waals surface area contributed by atoms with Gasteiger partial charge in [-0.1, -0.05) is 0 Å². The molecule has 122 valence electrons. The van der Waals surface area contributed by atoms with Gasteiger partial charge in [0, 0.05) is 45.0 Å². The SMILES string of the molecule is Cc1nc(N(C)CC2CN(c3ncc(Br)cn3)C2)[nH]c(=O)c1F. The Morgan fingerprint density at radius 1 is 1.43 bits per heavy atom. The molecule has 1 aliphatic heterocycles. The average molecular weight is 383 g/mol. The lowest BCUT2D eigenvalue weighted by molar-refractivity contribution is 0.405. The van der Waals surface area contributed by atoms with Gasteiger partial charge >= 0.3 is 0 Å². The molecule has 2 aromatic heterocycles. The quantitative estimate of drug-likeness (QED) is 0.859. The van der Waals surface area contributed by atoms with E-state index in [1.165, 1.54) is 6.92 Å². The molecule has 7 nitrogen and oxygen atoms in total. The molecule has 2 aromatic rings. The van der Waals surface area contributed by atoms with Crippen molar-refractivity contribution in [3.8, 4) is 0 Å². The average Bonchev–Trinajstić information content (AvgIpc) is 2.48. The summed E-state index contributed by atoms with van der Waals surface area (Å²) >= 11 is 3.31. The Bertz CT molecular complexity index is 759. The predicted molar refractivity (Wildman–Crippen MR) is 88.3 cm³/mol. The van der Waals surface area contributed by atoms with E-state index in [0.29, 0.717) is 24.4 Å². The lowest BCUT2D eigenvalue weighted by Gasteiger charge is -2.40. The molecule has 1 N–H and O–H groups in total. The van der Waals surface area contributed by atoms with Crippen LogP contribution in [0.1, 0.15) is 5.69 Å². The number of nitrogens with one attached hydrogen (secondary N) is 1. The van der Waals surface area contributed by atoms with Crippen LogP contribution in [0.2, 0.25) is 0 Å². The molecule has 0 saturated carbocycles. The molecular weight excluding hydrogens is 367 g/mol. The highest BCUT2D eigenvalue weighted by atomic mass is 79.9. The van der Waals surface area contributed by atoms with Crippen molar-refractivity contribution in [2.45, 2.75) is 6.92 Å². The second-order valence-electron chi connectivity index (χ2n) is 5.64. The fraction of sp³-hybridized carbons (Fsp3) is 0.429. The summed E-state index contributed by atoms with van der Waals surface area (Å²) in [6.07, 6.45) is 3.44. The van der Waals surface area contributed by atoms with Crippen molar-refractivity contribution in [1.82, 2.24) is 19.9 Å². The summed E-state index contributed by atoms with van der Waals surface area (Å²) in [7, 11) is 1.83. The van der Waals surface area contributed by atoms with Crippen molar-refractivity contribution in [2.24, 2.45) is 5.92 Å². The van der Waals surface area contributed by atoms with E-state index in [9.17, 15) is 9.18 Å². The highest BCUT2D eigenvalue weighted by Crippen LogP contribution is 2.23. The Morgan fingerprint density at radius 3 is 2.70 bits per heavy atom. The van der Waals surface area contributed by atoms with Crippen molar-refractivity contribution in [2.75, 3.05) is 36.5 Å². The minimum Gasteiger partial charge on any atom is -0.345 e. The normalized spacial score (nSPS) is 14.7. The molecule has 9 heteroatoms. The predicted octanol–water partition coefficient (Wildman–Crippen LogP) is 1.34. The van der Waals surface area contributed by atoms with Crippen LogP contribution >= 0.6 is 15.9 Å². The van der Waals surface area contributed by atoms with Crippen LogP contribution < -0.4 is 15.4 Å². The standard InChI is InChI=1S/C14H16BrFN6O/c1-8-11(16)12(23)20-14(19-8)21(2)5-9-6-22(7-9)13-17-3-10(15)4-18-13/h3-4,9H,5-7H2,1-2H3,(H,19,20,23). The molecule has 1 saturated heterocycles. The van der Waals surface area contributed by atoms with E-state index in [1.54, 1.807) is 12.4 Å². The number of H-pyrrole nitrogens is 1. The first-order valence-corrected chi connectivity index (χ1v) is 7.93. The number of anilines is 2. The summed E-state index contributed by atoms with van der Waals surface area (Å²) in [5, 5.41) is 0. The molecule has 0 bridgehead atoms. The molecule has 3 rings (SSSR count). The maximum absolute atomic E-state index is 13.3. The number of halogens is 2. The summed E-state index contributed by atoms with van der Waals surface area (Å²) in [5.74, 6) is 0.663. The van der Waals surface area contributed by atoms with Gasteiger partial charge in [-0.2, -0.15) is 4.39 Å². The molecule has 0 amide bonds. The molecule has 0 aliphatic carbocycles. The van der Waals surface area contributed by atoms with Crippen molar-refractivity contribution in [3.05, 3.63) is 38.7 Å². The van der Waals surface area contributed by atoms with E-state index in [1.807, 2.05) is 11.9 Å². The zero-order chi connectivity index (χ0) is 16.6. The van der Waals surface area contributed by atoms with Crippen molar-refractivity contribution in [1.29, 1.82) is 0 Å². The van der Waals surface area contributed by atoms with E-state index in [2.05, 4.69) is 40.8 Å². The third-order valence-corrected chi connectivity index (χ3v) is 4.17. The molecule has 1 aliphatic rings. The Morgan fingerprint density at radius 2 is 2.09 bits per heavy atom. The van der Waals surface area contributed by atoms with Crippen LogP contribution in [0.15, 0.2) is 21.7 Å². The number of nitrogens with zero attached hydrogens (tertiary/aromatic N) is 5.